The number of anilines is 1. The Bertz CT molecular complexity index is 977. The maximum absolute atomic E-state index is 12.6. The van der Waals surface area contributed by atoms with Crippen LogP contribution in [-0.4, -0.2) is 32.9 Å². The van der Waals surface area contributed by atoms with E-state index in [4.69, 9.17) is 0 Å². The predicted octanol–water partition coefficient (Wildman–Crippen LogP) is 3.19. The van der Waals surface area contributed by atoms with E-state index >= 15 is 0 Å². The lowest BCUT2D eigenvalue weighted by Crippen LogP contribution is -2.33. The Morgan fingerprint density at radius 2 is 1.64 bits per heavy atom. The molecular formula is C21H21N5O2. The summed E-state index contributed by atoms with van der Waals surface area (Å²) in [7, 11) is 0. The molecule has 2 aromatic carbocycles. The van der Waals surface area contributed by atoms with Crippen molar-refractivity contribution in [1.29, 1.82) is 0 Å². The number of nitrogens with one attached hydrogen (secondary N) is 2. The molecule has 0 radical (unpaired) electrons. The fraction of sp³-hybridized carbons (Fsp3) is 0.238. The summed E-state index contributed by atoms with van der Waals surface area (Å²) >= 11 is 0. The minimum Gasteiger partial charge on any atom is -0.349 e. The number of carbonyl (C=O) groups is 2. The molecule has 1 aliphatic rings. The van der Waals surface area contributed by atoms with Crippen molar-refractivity contribution in [3.63, 3.8) is 0 Å². The van der Waals surface area contributed by atoms with Crippen molar-refractivity contribution in [2.45, 2.75) is 31.7 Å². The lowest BCUT2D eigenvalue weighted by molar-refractivity contribution is 0.0939. The number of carbonyl (C=O) groups excluding carboxylic acids is 2. The van der Waals surface area contributed by atoms with Gasteiger partial charge in [0.05, 0.1) is 23.1 Å². The van der Waals surface area contributed by atoms with Gasteiger partial charge in [-0.2, -0.15) is 9.90 Å². The van der Waals surface area contributed by atoms with Gasteiger partial charge in [0.25, 0.3) is 11.8 Å². The van der Waals surface area contributed by atoms with Crippen LogP contribution in [0.4, 0.5) is 5.69 Å². The van der Waals surface area contributed by atoms with E-state index in [-0.39, 0.29) is 17.6 Å². The topological polar surface area (TPSA) is 88.9 Å². The van der Waals surface area contributed by atoms with Gasteiger partial charge in [-0.1, -0.05) is 43.2 Å². The summed E-state index contributed by atoms with van der Waals surface area (Å²) in [5.74, 6) is -0.584. The zero-order valence-corrected chi connectivity index (χ0v) is 15.3. The lowest BCUT2D eigenvalue weighted by Gasteiger charge is -2.14. The van der Waals surface area contributed by atoms with Gasteiger partial charge in [-0.25, -0.2) is 0 Å². The van der Waals surface area contributed by atoms with Crippen LogP contribution < -0.4 is 10.6 Å². The molecule has 0 aliphatic heterocycles. The van der Waals surface area contributed by atoms with Crippen LogP contribution in [-0.2, 0) is 0 Å². The first-order valence-corrected chi connectivity index (χ1v) is 9.40. The molecule has 3 aromatic rings. The molecule has 28 heavy (non-hydrogen) atoms. The zero-order valence-electron chi connectivity index (χ0n) is 15.3. The van der Waals surface area contributed by atoms with Gasteiger partial charge in [0.1, 0.15) is 0 Å². The Kier molecular flexibility index (Phi) is 5.14. The Morgan fingerprint density at radius 1 is 0.929 bits per heavy atom. The van der Waals surface area contributed by atoms with Gasteiger partial charge >= 0.3 is 0 Å². The minimum atomic E-state index is -0.414. The Balaban J connectivity index is 1.49. The van der Waals surface area contributed by atoms with Crippen LogP contribution in [0, 0.1) is 0 Å². The molecule has 7 heteroatoms. The number of rotatable bonds is 5. The molecule has 7 nitrogen and oxygen atoms in total. The summed E-state index contributed by atoms with van der Waals surface area (Å²) in [6.07, 6.45) is 5.69. The highest BCUT2D eigenvalue weighted by atomic mass is 16.2. The van der Waals surface area contributed by atoms with Gasteiger partial charge in [0, 0.05) is 6.04 Å². The van der Waals surface area contributed by atoms with Crippen molar-refractivity contribution in [2.75, 3.05) is 5.32 Å². The van der Waals surface area contributed by atoms with Crippen LogP contribution in [0.25, 0.3) is 5.69 Å². The highest BCUT2D eigenvalue weighted by Crippen LogP contribution is 2.20. The highest BCUT2D eigenvalue weighted by molar-refractivity contribution is 6.08. The second-order valence-electron chi connectivity index (χ2n) is 6.81. The molecule has 1 aliphatic carbocycles. The number of benzene rings is 2. The number of hydrogen-bond acceptors (Lipinski definition) is 4. The van der Waals surface area contributed by atoms with Crippen LogP contribution in [0.5, 0.6) is 0 Å². The first-order valence-electron chi connectivity index (χ1n) is 9.40. The number of para-hydroxylation sites is 2. The van der Waals surface area contributed by atoms with Crippen LogP contribution in [0.2, 0.25) is 0 Å². The van der Waals surface area contributed by atoms with Crippen LogP contribution in [0.15, 0.2) is 60.8 Å². The second-order valence-corrected chi connectivity index (χ2v) is 6.81. The quantitative estimate of drug-likeness (QED) is 0.717. The molecule has 142 valence electrons. The highest BCUT2D eigenvalue weighted by Gasteiger charge is 2.21. The van der Waals surface area contributed by atoms with Crippen LogP contribution in [0.3, 0.4) is 0 Å². The van der Waals surface area contributed by atoms with E-state index in [1.54, 1.807) is 24.3 Å². The maximum atomic E-state index is 12.6. The average Bonchev–Trinajstić information content (AvgIpc) is 3.41. The summed E-state index contributed by atoms with van der Waals surface area (Å²) in [6.45, 7) is 0. The van der Waals surface area contributed by atoms with Crippen LogP contribution >= 0.6 is 0 Å². The van der Waals surface area contributed by atoms with Crippen molar-refractivity contribution >= 4 is 17.5 Å². The molecular weight excluding hydrogens is 354 g/mol. The molecule has 4 rings (SSSR count). The second kappa shape index (κ2) is 8.04. The Hall–Kier alpha value is -3.48. The first-order chi connectivity index (χ1) is 13.7. The van der Waals surface area contributed by atoms with Crippen molar-refractivity contribution in [2.24, 2.45) is 0 Å². The maximum Gasteiger partial charge on any atom is 0.277 e. The molecule has 0 unspecified atom stereocenters. The normalized spacial score (nSPS) is 14.0. The first kappa shape index (κ1) is 17.9. The predicted molar refractivity (Wildman–Crippen MR) is 105 cm³/mol. The standard InChI is InChI=1S/C21H21N5O2/c27-20(23-15-8-4-5-9-15)17-12-6-7-13-18(17)24-21(28)19-14-22-26(25-19)16-10-2-1-3-11-16/h1-3,6-7,10-15H,4-5,8-9H2,(H,23,27)(H,24,28). The Morgan fingerprint density at radius 3 is 2.43 bits per heavy atom. The third kappa shape index (κ3) is 3.93. The lowest BCUT2D eigenvalue weighted by atomic mass is 10.1. The minimum absolute atomic E-state index is 0.171. The molecule has 0 atom stereocenters. The van der Waals surface area contributed by atoms with E-state index in [2.05, 4.69) is 20.8 Å². The van der Waals surface area contributed by atoms with E-state index in [9.17, 15) is 9.59 Å². The third-order valence-corrected chi connectivity index (χ3v) is 4.82. The summed E-state index contributed by atoms with van der Waals surface area (Å²) < 4.78 is 0. The average molecular weight is 375 g/mol. The van der Waals surface area contributed by atoms with E-state index < -0.39 is 5.91 Å². The molecule has 2 N–H and O–H groups in total. The van der Waals surface area contributed by atoms with Crippen molar-refractivity contribution < 1.29 is 9.59 Å². The van der Waals surface area contributed by atoms with Gasteiger partial charge in [0.2, 0.25) is 0 Å². The Labute approximate surface area is 162 Å². The van der Waals surface area contributed by atoms with E-state index in [0.29, 0.717) is 11.3 Å². The fourth-order valence-electron chi connectivity index (χ4n) is 3.36. The third-order valence-electron chi connectivity index (χ3n) is 4.82. The fourth-order valence-corrected chi connectivity index (χ4v) is 3.36. The summed E-state index contributed by atoms with van der Waals surface area (Å²) in [5, 5.41) is 14.2. The SMILES string of the molecule is O=C(Nc1ccccc1C(=O)NC1CCCC1)c1cnn(-c2ccccc2)n1. The molecule has 2 amide bonds. The molecule has 1 aromatic heterocycles. The zero-order chi connectivity index (χ0) is 19.3. The van der Waals surface area contributed by atoms with Gasteiger partial charge in [-0.3, -0.25) is 9.59 Å². The van der Waals surface area contributed by atoms with Crippen LogP contribution in [0.1, 0.15) is 46.5 Å². The molecule has 0 saturated heterocycles. The number of nitrogens with zero attached hydrogens (tertiary/aromatic N) is 3. The summed E-state index contributed by atoms with van der Waals surface area (Å²) in [4.78, 5) is 26.7. The van der Waals surface area contributed by atoms with Crippen molar-refractivity contribution in [3.8, 4) is 5.69 Å². The van der Waals surface area contributed by atoms with Gasteiger partial charge in [-0.05, 0) is 37.1 Å². The van der Waals surface area contributed by atoms with Gasteiger partial charge < -0.3 is 10.6 Å². The van der Waals surface area contributed by atoms with Gasteiger partial charge in [-0.15, -0.1) is 5.10 Å². The molecule has 0 spiro atoms. The molecule has 1 heterocycles. The van der Waals surface area contributed by atoms with E-state index in [1.165, 1.54) is 11.0 Å². The summed E-state index contributed by atoms with van der Waals surface area (Å²) in [5.41, 5.74) is 1.84. The van der Waals surface area contributed by atoms with E-state index in [1.807, 2.05) is 30.3 Å². The number of aromatic nitrogens is 3. The monoisotopic (exact) mass is 375 g/mol. The number of hydrogen-bond donors (Lipinski definition) is 2. The summed E-state index contributed by atoms with van der Waals surface area (Å²) in [6, 6.07) is 16.5. The van der Waals surface area contributed by atoms with Crippen molar-refractivity contribution in [1.82, 2.24) is 20.3 Å². The van der Waals surface area contributed by atoms with Crippen molar-refractivity contribution in [3.05, 3.63) is 72.1 Å². The number of amides is 2. The molecule has 1 fully saturated rings. The smallest absolute Gasteiger partial charge is 0.277 e. The molecule has 1 saturated carbocycles. The van der Waals surface area contributed by atoms with E-state index in [0.717, 1.165) is 31.4 Å². The van der Waals surface area contributed by atoms with Gasteiger partial charge in [0.15, 0.2) is 5.69 Å². The molecule has 0 bridgehead atoms. The largest absolute Gasteiger partial charge is 0.349 e.